The topological polar surface area (TPSA) is 46.3 Å². The molecule has 1 fully saturated rings. The van der Waals surface area contributed by atoms with Gasteiger partial charge in [0, 0.05) is 25.2 Å². The van der Waals surface area contributed by atoms with Gasteiger partial charge in [-0.1, -0.05) is 19.1 Å². The number of nitrogens with two attached hydrogens (primary N) is 1. The fraction of sp³-hybridized carbons (Fsp3) is 0.533. The van der Waals surface area contributed by atoms with E-state index >= 15 is 0 Å². The van der Waals surface area contributed by atoms with Gasteiger partial charge in [-0.15, -0.1) is 0 Å². The maximum Gasteiger partial charge on any atom is 0.228 e. The molecule has 0 aliphatic heterocycles. The number of nitrogens with zero attached hydrogens (tertiary/aromatic N) is 1. The highest BCUT2D eigenvalue weighted by molar-refractivity contribution is 5.93. The molecule has 1 aliphatic rings. The molecule has 2 N–H and O–H groups in total. The first kappa shape index (κ1) is 13.1. The number of carbonyl (C=O) groups excluding carboxylic acids is 1. The van der Waals surface area contributed by atoms with Crippen molar-refractivity contribution in [3.05, 3.63) is 29.8 Å². The zero-order valence-corrected chi connectivity index (χ0v) is 11.2. The molecule has 0 aromatic heterocycles. The molecule has 2 rings (SSSR count). The van der Waals surface area contributed by atoms with Gasteiger partial charge in [0.2, 0.25) is 5.91 Å². The minimum Gasteiger partial charge on any atom is -0.327 e. The van der Waals surface area contributed by atoms with Crippen molar-refractivity contribution in [3.63, 3.8) is 0 Å². The van der Waals surface area contributed by atoms with Gasteiger partial charge >= 0.3 is 0 Å². The number of aryl methyl sites for hydroxylation is 1. The zero-order valence-electron chi connectivity index (χ0n) is 11.2. The molecule has 1 amide bonds. The third kappa shape index (κ3) is 3.10. The van der Waals surface area contributed by atoms with Crippen molar-refractivity contribution in [2.45, 2.75) is 38.6 Å². The zero-order chi connectivity index (χ0) is 13.1. The maximum absolute atomic E-state index is 12.1. The van der Waals surface area contributed by atoms with Crippen LogP contribution in [0.4, 0.5) is 5.69 Å². The molecule has 1 unspecified atom stereocenters. The molecule has 0 radical (unpaired) electrons. The third-order valence-electron chi connectivity index (χ3n) is 3.74. The monoisotopic (exact) mass is 246 g/mol. The number of rotatable bonds is 5. The van der Waals surface area contributed by atoms with Gasteiger partial charge in [0.1, 0.15) is 0 Å². The predicted octanol–water partition coefficient (Wildman–Crippen LogP) is 2.34. The number of amides is 1. The first-order chi connectivity index (χ1) is 8.61. The van der Waals surface area contributed by atoms with Crippen LogP contribution in [0.15, 0.2) is 24.3 Å². The van der Waals surface area contributed by atoms with Gasteiger partial charge in [-0.05, 0) is 42.9 Å². The summed E-state index contributed by atoms with van der Waals surface area (Å²) in [6.07, 6.45) is 3.84. The third-order valence-corrected chi connectivity index (χ3v) is 3.74. The van der Waals surface area contributed by atoms with E-state index in [9.17, 15) is 4.79 Å². The second-order valence-electron chi connectivity index (χ2n) is 5.18. The Bertz CT molecular complexity index is 409. The summed E-state index contributed by atoms with van der Waals surface area (Å²) in [7, 11) is 1.82. The lowest BCUT2D eigenvalue weighted by Gasteiger charge is -2.20. The van der Waals surface area contributed by atoms with E-state index in [1.807, 2.05) is 19.2 Å². The molecule has 0 heterocycles. The summed E-state index contributed by atoms with van der Waals surface area (Å²) < 4.78 is 0. The van der Waals surface area contributed by atoms with E-state index in [0.29, 0.717) is 12.3 Å². The van der Waals surface area contributed by atoms with Crippen molar-refractivity contribution in [2.75, 3.05) is 11.9 Å². The van der Waals surface area contributed by atoms with Gasteiger partial charge in [-0.2, -0.15) is 0 Å². The Morgan fingerprint density at radius 2 is 2.00 bits per heavy atom. The summed E-state index contributed by atoms with van der Waals surface area (Å²) in [6, 6.07) is 8.17. The van der Waals surface area contributed by atoms with Gasteiger partial charge in [0.25, 0.3) is 0 Å². The van der Waals surface area contributed by atoms with Crippen molar-refractivity contribution in [3.8, 4) is 0 Å². The van der Waals surface area contributed by atoms with E-state index in [-0.39, 0.29) is 11.9 Å². The SMILES string of the molecule is CCc1ccc(N(C)C(=O)CC(N)C2CC2)cc1. The number of benzene rings is 1. The van der Waals surface area contributed by atoms with Crippen LogP contribution in [0.5, 0.6) is 0 Å². The highest BCUT2D eigenvalue weighted by Gasteiger charge is 2.30. The van der Waals surface area contributed by atoms with Crippen molar-refractivity contribution >= 4 is 11.6 Å². The first-order valence-electron chi connectivity index (χ1n) is 6.73. The second kappa shape index (κ2) is 5.53. The number of hydrogen-bond donors (Lipinski definition) is 1. The van der Waals surface area contributed by atoms with Gasteiger partial charge in [0.15, 0.2) is 0 Å². The number of carbonyl (C=O) groups is 1. The lowest BCUT2D eigenvalue weighted by atomic mass is 10.1. The van der Waals surface area contributed by atoms with Crippen molar-refractivity contribution in [1.29, 1.82) is 0 Å². The lowest BCUT2D eigenvalue weighted by Crippen LogP contribution is -2.34. The first-order valence-corrected chi connectivity index (χ1v) is 6.73. The van der Waals surface area contributed by atoms with Crippen LogP contribution < -0.4 is 10.6 Å². The van der Waals surface area contributed by atoms with Gasteiger partial charge in [0.05, 0.1) is 0 Å². The quantitative estimate of drug-likeness (QED) is 0.866. The molecule has 0 saturated heterocycles. The highest BCUT2D eigenvalue weighted by Crippen LogP contribution is 2.33. The summed E-state index contributed by atoms with van der Waals surface area (Å²) in [5.74, 6) is 0.684. The molecule has 0 spiro atoms. The van der Waals surface area contributed by atoms with Crippen molar-refractivity contribution < 1.29 is 4.79 Å². The van der Waals surface area contributed by atoms with E-state index in [4.69, 9.17) is 5.73 Å². The Kier molecular flexibility index (Phi) is 4.02. The summed E-state index contributed by atoms with van der Waals surface area (Å²) in [6.45, 7) is 2.12. The molecule has 18 heavy (non-hydrogen) atoms. The molecule has 3 heteroatoms. The van der Waals surface area contributed by atoms with Crippen LogP contribution in [-0.4, -0.2) is 19.0 Å². The Morgan fingerprint density at radius 1 is 1.39 bits per heavy atom. The summed E-state index contributed by atoms with van der Waals surface area (Å²) in [5.41, 5.74) is 8.22. The summed E-state index contributed by atoms with van der Waals surface area (Å²) in [5, 5.41) is 0. The Morgan fingerprint density at radius 3 is 2.50 bits per heavy atom. The van der Waals surface area contributed by atoms with Crippen LogP contribution >= 0.6 is 0 Å². The molecule has 1 atom stereocenters. The van der Waals surface area contributed by atoms with Crippen LogP contribution in [0.1, 0.15) is 31.7 Å². The van der Waals surface area contributed by atoms with E-state index in [0.717, 1.165) is 12.1 Å². The normalized spacial score (nSPS) is 16.4. The summed E-state index contributed by atoms with van der Waals surface area (Å²) in [4.78, 5) is 13.8. The molecule has 1 aromatic rings. The van der Waals surface area contributed by atoms with Crippen LogP contribution in [0, 0.1) is 5.92 Å². The molecule has 0 bridgehead atoms. The number of hydrogen-bond acceptors (Lipinski definition) is 2. The van der Waals surface area contributed by atoms with Crippen LogP contribution in [0.3, 0.4) is 0 Å². The molecular weight excluding hydrogens is 224 g/mol. The van der Waals surface area contributed by atoms with Crippen LogP contribution in [0.25, 0.3) is 0 Å². The molecule has 1 aromatic carbocycles. The second-order valence-corrected chi connectivity index (χ2v) is 5.18. The van der Waals surface area contributed by atoms with Crippen LogP contribution in [0.2, 0.25) is 0 Å². The molecule has 1 saturated carbocycles. The Labute approximate surface area is 109 Å². The average Bonchev–Trinajstić information content (AvgIpc) is 3.22. The van der Waals surface area contributed by atoms with E-state index < -0.39 is 0 Å². The molecule has 98 valence electrons. The fourth-order valence-corrected chi connectivity index (χ4v) is 2.13. The lowest BCUT2D eigenvalue weighted by molar-refractivity contribution is -0.118. The van der Waals surface area contributed by atoms with E-state index in [1.54, 1.807) is 4.90 Å². The largest absolute Gasteiger partial charge is 0.327 e. The minimum absolute atomic E-state index is 0.0369. The average molecular weight is 246 g/mol. The van der Waals surface area contributed by atoms with Gasteiger partial charge in [-0.25, -0.2) is 0 Å². The minimum atomic E-state index is 0.0369. The maximum atomic E-state index is 12.1. The smallest absolute Gasteiger partial charge is 0.228 e. The summed E-state index contributed by atoms with van der Waals surface area (Å²) >= 11 is 0. The molecule has 3 nitrogen and oxygen atoms in total. The van der Waals surface area contributed by atoms with Crippen molar-refractivity contribution in [1.82, 2.24) is 0 Å². The Balaban J connectivity index is 1.95. The van der Waals surface area contributed by atoms with Gasteiger partial charge < -0.3 is 10.6 Å². The fourth-order valence-electron chi connectivity index (χ4n) is 2.13. The van der Waals surface area contributed by atoms with Gasteiger partial charge in [-0.3, -0.25) is 4.79 Å². The Hall–Kier alpha value is -1.35. The van der Waals surface area contributed by atoms with E-state index in [1.165, 1.54) is 18.4 Å². The standard InChI is InChI=1S/C15H22N2O/c1-3-11-4-8-13(9-5-11)17(2)15(18)10-14(16)12-6-7-12/h4-5,8-9,12,14H,3,6-7,10,16H2,1-2H3. The predicted molar refractivity (Wildman–Crippen MR) is 74.5 cm³/mol. The van der Waals surface area contributed by atoms with Crippen molar-refractivity contribution in [2.24, 2.45) is 11.7 Å². The number of anilines is 1. The van der Waals surface area contributed by atoms with E-state index in [2.05, 4.69) is 19.1 Å². The molecular formula is C15H22N2O. The van der Waals surface area contributed by atoms with Crippen LogP contribution in [-0.2, 0) is 11.2 Å². The highest BCUT2D eigenvalue weighted by atomic mass is 16.2. The molecule has 1 aliphatic carbocycles.